The van der Waals surface area contributed by atoms with Gasteiger partial charge in [0.25, 0.3) is 0 Å². The van der Waals surface area contributed by atoms with E-state index in [-0.39, 0.29) is 17.5 Å². The first-order valence-electron chi connectivity index (χ1n) is 6.43. The molecule has 0 radical (unpaired) electrons. The molecular weight excluding hydrogens is 232 g/mol. The van der Waals surface area contributed by atoms with Crippen molar-refractivity contribution in [2.45, 2.75) is 31.0 Å². The second-order valence-corrected chi connectivity index (χ2v) is 5.06. The van der Waals surface area contributed by atoms with E-state index < -0.39 is 0 Å². The van der Waals surface area contributed by atoms with Gasteiger partial charge in [-0.3, -0.25) is 0 Å². The van der Waals surface area contributed by atoms with Crippen molar-refractivity contribution < 1.29 is 19.3 Å². The first-order chi connectivity index (χ1) is 8.76. The average Bonchev–Trinajstić information content (AvgIpc) is 2.80. The maximum absolute atomic E-state index is 9.24. The number of ether oxygens (including phenoxy) is 3. The lowest BCUT2D eigenvalue weighted by Gasteiger charge is -2.37. The fourth-order valence-electron chi connectivity index (χ4n) is 2.66. The normalized spacial score (nSPS) is 31.7. The van der Waals surface area contributed by atoms with Crippen molar-refractivity contribution in [2.24, 2.45) is 0 Å². The molecule has 1 aromatic rings. The molecule has 0 bridgehead atoms. The Bertz CT molecular complexity index is 395. The van der Waals surface area contributed by atoms with E-state index >= 15 is 0 Å². The number of rotatable bonds is 2. The zero-order chi connectivity index (χ0) is 12.4. The van der Waals surface area contributed by atoms with Crippen molar-refractivity contribution in [1.29, 1.82) is 0 Å². The Morgan fingerprint density at radius 2 is 2.06 bits per heavy atom. The van der Waals surface area contributed by atoms with Gasteiger partial charge in [-0.15, -0.1) is 0 Å². The van der Waals surface area contributed by atoms with Crippen LogP contribution >= 0.6 is 0 Å². The summed E-state index contributed by atoms with van der Waals surface area (Å²) in [7, 11) is 0. The van der Waals surface area contributed by atoms with Crippen molar-refractivity contribution in [3.8, 4) is 11.5 Å². The van der Waals surface area contributed by atoms with Crippen LogP contribution in [0.5, 0.6) is 11.5 Å². The molecule has 4 heteroatoms. The molecule has 0 amide bonds. The van der Waals surface area contributed by atoms with E-state index in [0.29, 0.717) is 6.61 Å². The fourth-order valence-corrected chi connectivity index (χ4v) is 2.66. The lowest BCUT2D eigenvalue weighted by atomic mass is 9.91. The molecular formula is C14H18O4. The Morgan fingerprint density at radius 3 is 2.78 bits per heavy atom. The van der Waals surface area contributed by atoms with Gasteiger partial charge in [-0.1, -0.05) is 0 Å². The highest BCUT2D eigenvalue weighted by molar-refractivity contribution is 5.30. The van der Waals surface area contributed by atoms with Gasteiger partial charge in [0.05, 0.1) is 18.8 Å². The summed E-state index contributed by atoms with van der Waals surface area (Å²) in [6, 6.07) is 6.87. The highest BCUT2D eigenvalue weighted by Crippen LogP contribution is 2.34. The third-order valence-electron chi connectivity index (χ3n) is 3.65. The Balaban J connectivity index is 1.64. The highest BCUT2D eigenvalue weighted by atomic mass is 16.6. The Hall–Kier alpha value is -1.26. The minimum absolute atomic E-state index is 0.125. The van der Waals surface area contributed by atoms with Crippen LogP contribution in [0.3, 0.4) is 0 Å². The first-order valence-corrected chi connectivity index (χ1v) is 6.43. The van der Waals surface area contributed by atoms with Crippen molar-refractivity contribution in [2.75, 3.05) is 19.8 Å². The Morgan fingerprint density at radius 1 is 1.22 bits per heavy atom. The summed E-state index contributed by atoms with van der Waals surface area (Å²) >= 11 is 0. The van der Waals surface area contributed by atoms with E-state index in [1.54, 1.807) is 24.3 Å². The van der Waals surface area contributed by atoms with Crippen LogP contribution in [-0.2, 0) is 9.47 Å². The fraction of sp³-hybridized carbons (Fsp3) is 0.571. The van der Waals surface area contributed by atoms with Crippen LogP contribution in [0.4, 0.5) is 0 Å². The molecule has 3 rings (SSSR count). The van der Waals surface area contributed by atoms with Crippen LogP contribution in [-0.4, -0.2) is 36.6 Å². The van der Waals surface area contributed by atoms with Crippen LogP contribution < -0.4 is 4.74 Å². The van der Waals surface area contributed by atoms with E-state index in [1.165, 1.54) is 0 Å². The van der Waals surface area contributed by atoms with Gasteiger partial charge in [0.2, 0.25) is 0 Å². The largest absolute Gasteiger partial charge is 0.508 e. The number of phenolic OH excluding ortho intramolecular Hbond substituents is 1. The van der Waals surface area contributed by atoms with Crippen LogP contribution in [0.25, 0.3) is 0 Å². The number of phenols is 1. The molecule has 2 fully saturated rings. The molecule has 2 unspecified atom stereocenters. The number of aromatic hydroxyl groups is 1. The maximum atomic E-state index is 9.24. The van der Waals surface area contributed by atoms with Gasteiger partial charge in [-0.25, -0.2) is 0 Å². The number of benzene rings is 1. The third kappa shape index (κ3) is 2.44. The van der Waals surface area contributed by atoms with Crippen LogP contribution in [0, 0.1) is 0 Å². The topological polar surface area (TPSA) is 47.9 Å². The van der Waals surface area contributed by atoms with E-state index in [4.69, 9.17) is 14.2 Å². The highest BCUT2D eigenvalue weighted by Gasteiger charge is 2.41. The SMILES string of the molecule is Oc1ccc(OC2CCOC3(CCOC3)C2)cc1. The van der Waals surface area contributed by atoms with Crippen LogP contribution in [0.15, 0.2) is 24.3 Å². The molecule has 1 spiro atoms. The van der Waals surface area contributed by atoms with Gasteiger partial charge < -0.3 is 19.3 Å². The zero-order valence-electron chi connectivity index (χ0n) is 10.3. The van der Waals surface area contributed by atoms with Crippen LogP contribution in [0.1, 0.15) is 19.3 Å². The Labute approximate surface area is 106 Å². The van der Waals surface area contributed by atoms with E-state index in [9.17, 15) is 5.11 Å². The molecule has 0 aromatic heterocycles. The van der Waals surface area contributed by atoms with Crippen molar-refractivity contribution in [1.82, 2.24) is 0 Å². The predicted octanol–water partition coefficient (Wildman–Crippen LogP) is 2.11. The third-order valence-corrected chi connectivity index (χ3v) is 3.65. The molecule has 98 valence electrons. The quantitative estimate of drug-likeness (QED) is 0.873. The van der Waals surface area contributed by atoms with Crippen molar-refractivity contribution in [3.05, 3.63) is 24.3 Å². The summed E-state index contributed by atoms with van der Waals surface area (Å²) in [5.74, 6) is 1.06. The summed E-state index contributed by atoms with van der Waals surface area (Å²) < 4.78 is 17.3. The molecule has 1 aromatic carbocycles. The first kappa shape index (κ1) is 11.8. The standard InChI is InChI=1S/C14H18O4/c15-11-1-3-12(4-2-11)18-13-5-7-17-14(9-13)6-8-16-10-14/h1-4,13,15H,5-10H2. The molecule has 0 saturated carbocycles. The van der Waals surface area contributed by atoms with Gasteiger partial charge in [0.15, 0.2) is 0 Å². The molecule has 2 heterocycles. The second kappa shape index (κ2) is 4.78. The average molecular weight is 250 g/mol. The summed E-state index contributed by atoms with van der Waals surface area (Å²) in [5.41, 5.74) is -0.125. The second-order valence-electron chi connectivity index (χ2n) is 5.06. The molecule has 18 heavy (non-hydrogen) atoms. The van der Waals surface area contributed by atoms with Crippen LogP contribution in [0.2, 0.25) is 0 Å². The van der Waals surface area contributed by atoms with Gasteiger partial charge in [0.1, 0.15) is 17.6 Å². The molecule has 2 saturated heterocycles. The van der Waals surface area contributed by atoms with Gasteiger partial charge in [0, 0.05) is 25.9 Å². The van der Waals surface area contributed by atoms with E-state index in [0.717, 1.165) is 38.2 Å². The van der Waals surface area contributed by atoms with E-state index in [1.807, 2.05) is 0 Å². The van der Waals surface area contributed by atoms with Gasteiger partial charge in [-0.05, 0) is 24.3 Å². The lowest BCUT2D eigenvalue weighted by molar-refractivity contribution is -0.112. The number of hydrogen-bond acceptors (Lipinski definition) is 4. The van der Waals surface area contributed by atoms with Gasteiger partial charge in [-0.2, -0.15) is 0 Å². The van der Waals surface area contributed by atoms with Gasteiger partial charge >= 0.3 is 0 Å². The summed E-state index contributed by atoms with van der Waals surface area (Å²) in [6.45, 7) is 2.19. The molecule has 4 nitrogen and oxygen atoms in total. The monoisotopic (exact) mass is 250 g/mol. The van der Waals surface area contributed by atoms with Crippen molar-refractivity contribution >= 4 is 0 Å². The predicted molar refractivity (Wildman–Crippen MR) is 65.9 cm³/mol. The molecule has 1 N–H and O–H groups in total. The summed E-state index contributed by atoms with van der Waals surface area (Å²) in [5, 5.41) is 9.24. The molecule has 2 atom stereocenters. The summed E-state index contributed by atoms with van der Waals surface area (Å²) in [6.07, 6.45) is 2.92. The number of hydrogen-bond donors (Lipinski definition) is 1. The van der Waals surface area contributed by atoms with E-state index in [2.05, 4.69) is 0 Å². The lowest BCUT2D eigenvalue weighted by Crippen LogP contribution is -2.44. The minimum atomic E-state index is -0.125. The van der Waals surface area contributed by atoms with Crippen molar-refractivity contribution in [3.63, 3.8) is 0 Å². The molecule has 2 aliphatic heterocycles. The molecule has 2 aliphatic rings. The molecule has 0 aliphatic carbocycles. The summed E-state index contributed by atoms with van der Waals surface area (Å²) in [4.78, 5) is 0. The Kier molecular flexibility index (Phi) is 3.14. The smallest absolute Gasteiger partial charge is 0.119 e. The maximum Gasteiger partial charge on any atom is 0.119 e. The zero-order valence-corrected chi connectivity index (χ0v) is 10.3. The minimum Gasteiger partial charge on any atom is -0.508 e.